The average Bonchev–Trinajstić information content (AvgIpc) is 2.64. The Morgan fingerprint density at radius 2 is 1.96 bits per heavy atom. The summed E-state index contributed by atoms with van der Waals surface area (Å²) in [6.07, 6.45) is -0.746. The molecule has 1 aliphatic heterocycles. The lowest BCUT2D eigenvalue weighted by Crippen LogP contribution is -2.36. The highest BCUT2D eigenvalue weighted by Crippen LogP contribution is 2.29. The van der Waals surface area contributed by atoms with Gasteiger partial charge in [0.25, 0.3) is 5.91 Å². The number of carbonyl (C=O) groups is 1. The number of rotatable bonds is 5. The Labute approximate surface area is 168 Å². The molecule has 0 saturated carbocycles. The van der Waals surface area contributed by atoms with Crippen molar-refractivity contribution in [3.8, 4) is 5.75 Å². The van der Waals surface area contributed by atoms with Crippen molar-refractivity contribution in [3.63, 3.8) is 0 Å². The molecule has 0 spiro atoms. The minimum absolute atomic E-state index is 0.306. The summed E-state index contributed by atoms with van der Waals surface area (Å²) >= 11 is 11.9. The smallest absolute Gasteiger partial charge is 0.265 e. The maximum atomic E-state index is 12.4. The van der Waals surface area contributed by atoms with Gasteiger partial charge in [-0.15, -0.1) is 0 Å². The van der Waals surface area contributed by atoms with Gasteiger partial charge >= 0.3 is 0 Å². The number of hydrogen-bond donors (Lipinski definition) is 2. The highest BCUT2D eigenvalue weighted by atomic mass is 35.5. The molecule has 0 radical (unpaired) electrons. The van der Waals surface area contributed by atoms with Crippen LogP contribution in [0.25, 0.3) is 0 Å². The van der Waals surface area contributed by atoms with E-state index in [-0.39, 0.29) is 5.91 Å². The third-order valence-corrected chi connectivity index (χ3v) is 4.74. The van der Waals surface area contributed by atoms with E-state index in [1.807, 2.05) is 12.1 Å². The quantitative estimate of drug-likeness (QED) is 0.733. The molecule has 0 aromatic heterocycles. The van der Waals surface area contributed by atoms with Crippen molar-refractivity contribution >= 4 is 46.2 Å². The minimum Gasteiger partial charge on any atom is -0.479 e. The van der Waals surface area contributed by atoms with Crippen LogP contribution in [-0.4, -0.2) is 38.3 Å². The maximum absolute atomic E-state index is 12.4. The van der Waals surface area contributed by atoms with E-state index in [0.29, 0.717) is 40.4 Å². The number of nitrogen functional groups attached to an aromatic ring is 1. The lowest BCUT2D eigenvalue weighted by molar-refractivity contribution is -0.122. The van der Waals surface area contributed by atoms with Gasteiger partial charge in [0.1, 0.15) is 5.75 Å². The van der Waals surface area contributed by atoms with Crippen molar-refractivity contribution in [2.75, 3.05) is 42.3 Å². The summed E-state index contributed by atoms with van der Waals surface area (Å²) < 4.78 is 11.0. The van der Waals surface area contributed by atoms with E-state index in [0.717, 1.165) is 18.8 Å². The van der Waals surface area contributed by atoms with E-state index in [1.54, 1.807) is 31.2 Å². The van der Waals surface area contributed by atoms with Gasteiger partial charge in [-0.1, -0.05) is 23.2 Å². The van der Waals surface area contributed by atoms with Crippen LogP contribution in [0, 0.1) is 0 Å². The molecule has 8 heteroatoms. The minimum atomic E-state index is -0.746. The third-order valence-electron chi connectivity index (χ3n) is 4.21. The lowest BCUT2D eigenvalue weighted by Gasteiger charge is -2.30. The van der Waals surface area contributed by atoms with E-state index in [4.69, 9.17) is 38.4 Å². The van der Waals surface area contributed by atoms with Crippen LogP contribution in [-0.2, 0) is 9.53 Å². The number of anilines is 3. The summed E-state index contributed by atoms with van der Waals surface area (Å²) in [5.41, 5.74) is 8.31. The van der Waals surface area contributed by atoms with E-state index in [9.17, 15) is 4.79 Å². The number of morpholine rings is 1. The monoisotopic (exact) mass is 409 g/mol. The molecule has 3 N–H and O–H groups in total. The van der Waals surface area contributed by atoms with Crippen LogP contribution in [0.2, 0.25) is 10.0 Å². The molecule has 1 heterocycles. The Morgan fingerprint density at radius 1 is 1.22 bits per heavy atom. The van der Waals surface area contributed by atoms with Crippen LogP contribution in [0.3, 0.4) is 0 Å². The fraction of sp³-hybridized carbons (Fsp3) is 0.316. The Morgan fingerprint density at radius 3 is 2.63 bits per heavy atom. The average molecular weight is 410 g/mol. The number of halogens is 2. The highest BCUT2D eigenvalue weighted by Gasteiger charge is 2.18. The molecule has 1 saturated heterocycles. The van der Waals surface area contributed by atoms with Gasteiger partial charge < -0.3 is 25.4 Å². The van der Waals surface area contributed by atoms with Crippen molar-refractivity contribution in [2.45, 2.75) is 13.0 Å². The molecule has 2 aromatic rings. The molecular formula is C19H21Cl2N3O3. The number of benzene rings is 2. The first-order valence-electron chi connectivity index (χ1n) is 8.59. The number of amides is 1. The first kappa shape index (κ1) is 19.6. The summed E-state index contributed by atoms with van der Waals surface area (Å²) in [7, 11) is 0. The SMILES string of the molecule is CC(Oc1ccc(Cl)cc1Cl)C(=O)Nc1ccc(N2CCOCC2)c(N)c1. The Kier molecular flexibility index (Phi) is 6.31. The van der Waals surface area contributed by atoms with Gasteiger partial charge in [0, 0.05) is 23.8 Å². The molecule has 1 unspecified atom stereocenters. The first-order chi connectivity index (χ1) is 12.9. The topological polar surface area (TPSA) is 76.8 Å². The van der Waals surface area contributed by atoms with Gasteiger partial charge in [0.05, 0.1) is 29.6 Å². The second kappa shape index (κ2) is 8.69. The summed E-state index contributed by atoms with van der Waals surface area (Å²) in [5.74, 6) is 0.0884. The number of nitrogens with zero attached hydrogens (tertiary/aromatic N) is 1. The van der Waals surface area contributed by atoms with E-state index < -0.39 is 6.10 Å². The van der Waals surface area contributed by atoms with Gasteiger partial charge in [0.2, 0.25) is 0 Å². The van der Waals surface area contributed by atoms with Crippen LogP contribution in [0.4, 0.5) is 17.1 Å². The van der Waals surface area contributed by atoms with Crippen LogP contribution >= 0.6 is 23.2 Å². The number of nitrogens with two attached hydrogens (primary N) is 1. The molecular weight excluding hydrogens is 389 g/mol. The molecule has 1 atom stereocenters. The van der Waals surface area contributed by atoms with Gasteiger partial charge in [0.15, 0.2) is 6.10 Å². The van der Waals surface area contributed by atoms with E-state index in [2.05, 4.69) is 10.2 Å². The molecule has 1 amide bonds. The Balaban J connectivity index is 1.63. The standard InChI is InChI=1S/C19H21Cl2N3O3/c1-12(27-18-5-2-13(20)10-15(18)21)19(25)23-14-3-4-17(16(22)11-14)24-6-8-26-9-7-24/h2-5,10-12H,6-9,22H2,1H3,(H,23,25). The first-order valence-corrected chi connectivity index (χ1v) is 9.34. The largest absolute Gasteiger partial charge is 0.479 e. The molecule has 6 nitrogen and oxygen atoms in total. The van der Waals surface area contributed by atoms with Crippen LogP contribution in [0.5, 0.6) is 5.75 Å². The molecule has 27 heavy (non-hydrogen) atoms. The number of carbonyl (C=O) groups excluding carboxylic acids is 1. The third kappa shape index (κ3) is 4.97. The van der Waals surface area contributed by atoms with Crippen LogP contribution in [0.1, 0.15) is 6.92 Å². The second-order valence-corrected chi connectivity index (χ2v) is 7.04. The van der Waals surface area contributed by atoms with Crippen molar-refractivity contribution < 1.29 is 14.3 Å². The van der Waals surface area contributed by atoms with E-state index in [1.165, 1.54) is 0 Å². The van der Waals surface area contributed by atoms with Gasteiger partial charge in [-0.2, -0.15) is 0 Å². The van der Waals surface area contributed by atoms with Crippen LogP contribution < -0.4 is 20.7 Å². The maximum Gasteiger partial charge on any atom is 0.265 e. The fourth-order valence-electron chi connectivity index (χ4n) is 2.78. The summed E-state index contributed by atoms with van der Waals surface area (Å²) in [4.78, 5) is 14.6. The van der Waals surface area contributed by atoms with Crippen LogP contribution in [0.15, 0.2) is 36.4 Å². The number of ether oxygens (including phenoxy) is 2. The zero-order valence-corrected chi connectivity index (χ0v) is 16.4. The van der Waals surface area contributed by atoms with Crippen molar-refractivity contribution in [3.05, 3.63) is 46.4 Å². The fourth-order valence-corrected chi connectivity index (χ4v) is 3.24. The van der Waals surface area contributed by atoms with E-state index >= 15 is 0 Å². The van der Waals surface area contributed by atoms with Crippen molar-refractivity contribution in [1.29, 1.82) is 0 Å². The predicted octanol–water partition coefficient (Wildman–Crippen LogP) is 3.82. The van der Waals surface area contributed by atoms with Crippen molar-refractivity contribution in [1.82, 2.24) is 0 Å². The molecule has 1 fully saturated rings. The molecule has 3 rings (SSSR count). The molecule has 1 aliphatic rings. The van der Waals surface area contributed by atoms with Gasteiger partial charge in [-0.3, -0.25) is 4.79 Å². The summed E-state index contributed by atoms with van der Waals surface area (Å²) in [5, 5.41) is 3.66. The number of nitrogens with one attached hydrogen (secondary N) is 1. The van der Waals surface area contributed by atoms with Gasteiger partial charge in [-0.05, 0) is 43.3 Å². The molecule has 2 aromatic carbocycles. The predicted molar refractivity (Wildman–Crippen MR) is 109 cm³/mol. The second-order valence-electron chi connectivity index (χ2n) is 6.20. The lowest BCUT2D eigenvalue weighted by atomic mass is 10.2. The Hall–Kier alpha value is -2.15. The zero-order chi connectivity index (χ0) is 19.4. The zero-order valence-electron chi connectivity index (χ0n) is 14.9. The summed E-state index contributed by atoms with van der Waals surface area (Å²) in [6, 6.07) is 10.3. The molecule has 0 bridgehead atoms. The molecule has 0 aliphatic carbocycles. The Bertz CT molecular complexity index is 826. The normalized spacial score (nSPS) is 15.3. The summed E-state index contributed by atoms with van der Waals surface area (Å²) in [6.45, 7) is 4.59. The molecule has 144 valence electrons. The van der Waals surface area contributed by atoms with Crippen molar-refractivity contribution in [2.24, 2.45) is 0 Å². The number of hydrogen-bond acceptors (Lipinski definition) is 5. The van der Waals surface area contributed by atoms with Gasteiger partial charge in [-0.25, -0.2) is 0 Å². The highest BCUT2D eigenvalue weighted by molar-refractivity contribution is 6.35.